The Morgan fingerprint density at radius 1 is 0.950 bits per heavy atom. The second-order valence-electron chi connectivity index (χ2n) is 4.70. The van der Waals surface area contributed by atoms with Gasteiger partial charge in [0.15, 0.2) is 0 Å². The van der Waals surface area contributed by atoms with Gasteiger partial charge in [-0.1, -0.05) is 61.2 Å². The molecule has 0 spiro atoms. The van der Waals surface area contributed by atoms with Gasteiger partial charge in [0, 0.05) is 5.69 Å². The third-order valence-electron chi connectivity index (χ3n) is 3.49. The first-order chi connectivity index (χ1) is 9.81. The lowest BCUT2D eigenvalue weighted by Crippen LogP contribution is -2.26. The minimum absolute atomic E-state index is 0.0392. The SMILES string of the molecule is C=CC1=C(c2ccccc2)C(=O)N(c2ccccc2)C1. The summed E-state index contributed by atoms with van der Waals surface area (Å²) in [5.74, 6) is 0.0392. The van der Waals surface area contributed by atoms with Gasteiger partial charge in [-0.3, -0.25) is 4.79 Å². The highest BCUT2D eigenvalue weighted by Crippen LogP contribution is 2.31. The summed E-state index contributed by atoms with van der Waals surface area (Å²) in [6.45, 7) is 4.42. The van der Waals surface area contributed by atoms with Gasteiger partial charge < -0.3 is 4.90 Å². The molecule has 2 aromatic rings. The average molecular weight is 261 g/mol. The van der Waals surface area contributed by atoms with Crippen molar-refractivity contribution in [1.29, 1.82) is 0 Å². The van der Waals surface area contributed by atoms with Crippen molar-refractivity contribution in [2.24, 2.45) is 0 Å². The zero-order chi connectivity index (χ0) is 13.9. The Balaban J connectivity index is 2.02. The van der Waals surface area contributed by atoms with Gasteiger partial charge in [-0.25, -0.2) is 0 Å². The molecule has 1 aliphatic rings. The standard InChI is InChI=1S/C18H15NO/c1-2-14-13-19(16-11-7-4-8-12-16)18(20)17(14)15-9-5-3-6-10-15/h2-12H,1,13H2. The molecule has 1 amide bonds. The molecule has 0 aromatic heterocycles. The van der Waals surface area contributed by atoms with E-state index in [1.165, 1.54) is 0 Å². The van der Waals surface area contributed by atoms with Gasteiger partial charge in [0.05, 0.1) is 12.1 Å². The van der Waals surface area contributed by atoms with E-state index in [0.29, 0.717) is 6.54 Å². The van der Waals surface area contributed by atoms with Crippen LogP contribution in [0.25, 0.3) is 5.57 Å². The smallest absolute Gasteiger partial charge is 0.259 e. The minimum Gasteiger partial charge on any atom is -0.304 e. The monoisotopic (exact) mass is 261 g/mol. The molecule has 0 fully saturated rings. The molecule has 2 nitrogen and oxygen atoms in total. The fourth-order valence-electron chi connectivity index (χ4n) is 2.49. The van der Waals surface area contributed by atoms with E-state index in [2.05, 4.69) is 6.58 Å². The first-order valence-corrected chi connectivity index (χ1v) is 6.59. The van der Waals surface area contributed by atoms with Crippen LogP contribution in [0.1, 0.15) is 5.56 Å². The quantitative estimate of drug-likeness (QED) is 0.825. The second kappa shape index (κ2) is 5.17. The van der Waals surface area contributed by atoms with E-state index in [1.54, 1.807) is 11.0 Å². The third kappa shape index (κ3) is 2.05. The number of benzene rings is 2. The molecule has 0 atom stereocenters. The molecular formula is C18H15NO. The van der Waals surface area contributed by atoms with Crippen LogP contribution in [0.4, 0.5) is 5.69 Å². The number of nitrogens with zero attached hydrogens (tertiary/aromatic N) is 1. The van der Waals surface area contributed by atoms with Crippen LogP contribution in [0.2, 0.25) is 0 Å². The van der Waals surface area contributed by atoms with Crippen LogP contribution < -0.4 is 4.90 Å². The molecule has 0 bridgehead atoms. The number of anilines is 1. The van der Waals surface area contributed by atoms with Crippen molar-refractivity contribution < 1.29 is 4.79 Å². The van der Waals surface area contributed by atoms with E-state index < -0.39 is 0 Å². The minimum atomic E-state index is 0.0392. The predicted molar refractivity (Wildman–Crippen MR) is 82.4 cm³/mol. The van der Waals surface area contributed by atoms with Gasteiger partial charge in [0.1, 0.15) is 0 Å². The molecule has 3 rings (SSSR count). The summed E-state index contributed by atoms with van der Waals surface area (Å²) in [5, 5.41) is 0. The second-order valence-corrected chi connectivity index (χ2v) is 4.70. The molecular weight excluding hydrogens is 246 g/mol. The number of amides is 1. The lowest BCUT2D eigenvalue weighted by Gasteiger charge is -2.16. The molecule has 0 saturated carbocycles. The fraction of sp³-hybridized carbons (Fsp3) is 0.0556. The van der Waals surface area contributed by atoms with Gasteiger partial charge in [-0.05, 0) is 23.3 Å². The summed E-state index contributed by atoms with van der Waals surface area (Å²) in [4.78, 5) is 14.5. The van der Waals surface area contributed by atoms with Crippen molar-refractivity contribution in [3.63, 3.8) is 0 Å². The Kier molecular flexibility index (Phi) is 3.21. The number of rotatable bonds is 3. The summed E-state index contributed by atoms with van der Waals surface area (Å²) in [6, 6.07) is 19.5. The van der Waals surface area contributed by atoms with E-state index >= 15 is 0 Å². The number of carbonyl (C=O) groups excluding carboxylic acids is 1. The first-order valence-electron chi connectivity index (χ1n) is 6.59. The summed E-state index contributed by atoms with van der Waals surface area (Å²) in [7, 11) is 0. The molecule has 0 aliphatic carbocycles. The third-order valence-corrected chi connectivity index (χ3v) is 3.49. The van der Waals surface area contributed by atoms with Gasteiger partial charge in [-0.2, -0.15) is 0 Å². The topological polar surface area (TPSA) is 20.3 Å². The van der Waals surface area contributed by atoms with Crippen LogP contribution in [0, 0.1) is 0 Å². The number of hydrogen-bond donors (Lipinski definition) is 0. The maximum Gasteiger partial charge on any atom is 0.259 e. The summed E-state index contributed by atoms with van der Waals surface area (Å²) in [6.07, 6.45) is 1.78. The van der Waals surface area contributed by atoms with E-state index in [1.807, 2.05) is 60.7 Å². The highest BCUT2D eigenvalue weighted by molar-refractivity contribution is 6.30. The van der Waals surface area contributed by atoms with Crippen molar-refractivity contribution in [2.45, 2.75) is 0 Å². The summed E-state index contributed by atoms with van der Waals surface area (Å²) in [5.41, 5.74) is 3.60. The van der Waals surface area contributed by atoms with Crippen molar-refractivity contribution in [2.75, 3.05) is 11.4 Å². The number of para-hydroxylation sites is 1. The Labute approximate surface area is 118 Å². The molecule has 1 heterocycles. The molecule has 0 radical (unpaired) electrons. The molecule has 0 N–H and O–H groups in total. The molecule has 98 valence electrons. The first kappa shape index (κ1) is 12.4. The van der Waals surface area contributed by atoms with Gasteiger partial charge in [0.25, 0.3) is 5.91 Å². The fourth-order valence-corrected chi connectivity index (χ4v) is 2.49. The Morgan fingerprint density at radius 3 is 2.15 bits per heavy atom. The van der Waals surface area contributed by atoms with Crippen molar-refractivity contribution in [3.05, 3.63) is 84.5 Å². The van der Waals surface area contributed by atoms with Crippen molar-refractivity contribution in [1.82, 2.24) is 0 Å². The largest absolute Gasteiger partial charge is 0.304 e. The van der Waals surface area contributed by atoms with E-state index in [4.69, 9.17) is 0 Å². The maximum atomic E-state index is 12.7. The molecule has 2 aromatic carbocycles. The molecule has 2 heteroatoms. The molecule has 20 heavy (non-hydrogen) atoms. The normalized spacial score (nSPS) is 14.8. The Bertz CT molecular complexity index is 671. The summed E-state index contributed by atoms with van der Waals surface area (Å²) >= 11 is 0. The summed E-state index contributed by atoms with van der Waals surface area (Å²) < 4.78 is 0. The lowest BCUT2D eigenvalue weighted by molar-refractivity contribution is -0.112. The van der Waals surface area contributed by atoms with Crippen LogP contribution in [-0.2, 0) is 4.79 Å². The number of carbonyl (C=O) groups is 1. The highest BCUT2D eigenvalue weighted by Gasteiger charge is 2.30. The molecule has 0 saturated heterocycles. The zero-order valence-electron chi connectivity index (χ0n) is 11.1. The van der Waals surface area contributed by atoms with E-state index in [0.717, 1.165) is 22.4 Å². The van der Waals surface area contributed by atoms with E-state index in [-0.39, 0.29) is 5.91 Å². The van der Waals surface area contributed by atoms with Crippen LogP contribution in [0.5, 0.6) is 0 Å². The Morgan fingerprint density at radius 2 is 1.55 bits per heavy atom. The maximum absolute atomic E-state index is 12.7. The van der Waals surface area contributed by atoms with E-state index in [9.17, 15) is 4.79 Å². The number of hydrogen-bond acceptors (Lipinski definition) is 1. The molecule has 0 unspecified atom stereocenters. The Hall–Kier alpha value is -2.61. The zero-order valence-corrected chi connectivity index (χ0v) is 11.1. The van der Waals surface area contributed by atoms with Gasteiger partial charge in [0.2, 0.25) is 0 Å². The van der Waals surface area contributed by atoms with Crippen molar-refractivity contribution in [3.8, 4) is 0 Å². The predicted octanol–water partition coefficient (Wildman–Crippen LogP) is 3.67. The van der Waals surface area contributed by atoms with Crippen LogP contribution in [0.15, 0.2) is 78.9 Å². The lowest BCUT2D eigenvalue weighted by atomic mass is 10.0. The highest BCUT2D eigenvalue weighted by atomic mass is 16.2. The van der Waals surface area contributed by atoms with Crippen LogP contribution in [-0.4, -0.2) is 12.5 Å². The van der Waals surface area contributed by atoms with Crippen LogP contribution >= 0.6 is 0 Å². The van der Waals surface area contributed by atoms with Crippen molar-refractivity contribution >= 4 is 17.2 Å². The van der Waals surface area contributed by atoms with Gasteiger partial charge in [-0.15, -0.1) is 0 Å². The van der Waals surface area contributed by atoms with Crippen LogP contribution in [0.3, 0.4) is 0 Å². The molecule has 1 aliphatic heterocycles. The van der Waals surface area contributed by atoms with Gasteiger partial charge >= 0.3 is 0 Å². The average Bonchev–Trinajstić information content (AvgIpc) is 2.86.